The number of amides is 2. The number of hydrogen-bond acceptors (Lipinski definition) is 4. The van der Waals surface area contributed by atoms with E-state index in [1.807, 2.05) is 25.1 Å². The van der Waals surface area contributed by atoms with E-state index < -0.39 is 5.54 Å². The van der Waals surface area contributed by atoms with E-state index in [1.165, 1.54) is 0 Å². The lowest BCUT2D eigenvalue weighted by Gasteiger charge is -2.44. The Bertz CT molecular complexity index is 857. The standard InChI is InChI=1S/C20H24N2O4/c1-14-12-16-13-15(4-5-17(16)26-14)18(24)22-9-3-7-20(22)6-2-8-21(10-11-23)19(20)25/h4-5,12-13,23H,2-3,6-11H2,1H3. The zero-order valence-electron chi connectivity index (χ0n) is 15.0. The third-order valence-electron chi connectivity index (χ3n) is 5.69. The molecule has 0 aliphatic carbocycles. The van der Waals surface area contributed by atoms with Crippen LogP contribution in [-0.4, -0.2) is 58.5 Å². The molecule has 1 spiro atoms. The second-order valence-corrected chi connectivity index (χ2v) is 7.32. The van der Waals surface area contributed by atoms with E-state index in [0.29, 0.717) is 38.0 Å². The van der Waals surface area contributed by atoms with Gasteiger partial charge < -0.3 is 19.3 Å². The summed E-state index contributed by atoms with van der Waals surface area (Å²) >= 11 is 0. The Morgan fingerprint density at radius 3 is 2.77 bits per heavy atom. The van der Waals surface area contributed by atoms with Gasteiger partial charge in [0.1, 0.15) is 16.9 Å². The predicted octanol–water partition coefficient (Wildman–Crippen LogP) is 2.33. The number of nitrogens with zero attached hydrogens (tertiary/aromatic N) is 2. The smallest absolute Gasteiger partial charge is 0.254 e. The van der Waals surface area contributed by atoms with Gasteiger partial charge in [0.05, 0.1) is 6.61 Å². The Morgan fingerprint density at radius 2 is 2.00 bits per heavy atom. The number of benzene rings is 1. The maximum Gasteiger partial charge on any atom is 0.254 e. The number of β-amino-alcohol motifs (C(OH)–C–C–N with tert-alkyl or cyclic N) is 1. The third kappa shape index (κ3) is 2.60. The van der Waals surface area contributed by atoms with Gasteiger partial charge in [0.25, 0.3) is 5.91 Å². The summed E-state index contributed by atoms with van der Waals surface area (Å²) in [6.45, 7) is 3.42. The summed E-state index contributed by atoms with van der Waals surface area (Å²) in [5.41, 5.74) is 0.607. The number of likely N-dealkylation sites (tertiary alicyclic amines) is 2. The Hall–Kier alpha value is -2.34. The highest BCUT2D eigenvalue weighted by Crippen LogP contribution is 2.39. The number of furan rings is 1. The van der Waals surface area contributed by atoms with Gasteiger partial charge in [0, 0.05) is 30.6 Å². The van der Waals surface area contributed by atoms with Gasteiger partial charge >= 0.3 is 0 Å². The molecule has 1 unspecified atom stereocenters. The van der Waals surface area contributed by atoms with Crippen LogP contribution in [-0.2, 0) is 4.79 Å². The van der Waals surface area contributed by atoms with Crippen molar-refractivity contribution in [3.63, 3.8) is 0 Å². The van der Waals surface area contributed by atoms with E-state index >= 15 is 0 Å². The molecule has 0 bridgehead atoms. The summed E-state index contributed by atoms with van der Waals surface area (Å²) in [5, 5.41) is 10.1. The number of carbonyl (C=O) groups excluding carboxylic acids is 2. The van der Waals surface area contributed by atoms with Gasteiger partial charge in [-0.15, -0.1) is 0 Å². The number of fused-ring (bicyclic) bond motifs is 1. The van der Waals surface area contributed by atoms with Gasteiger partial charge in [-0.25, -0.2) is 0 Å². The topological polar surface area (TPSA) is 74.0 Å². The highest BCUT2D eigenvalue weighted by atomic mass is 16.3. The van der Waals surface area contributed by atoms with Crippen molar-refractivity contribution in [2.24, 2.45) is 0 Å². The molecule has 2 aromatic rings. The number of piperidine rings is 1. The van der Waals surface area contributed by atoms with Crippen LogP contribution in [0.1, 0.15) is 41.8 Å². The molecule has 1 aromatic carbocycles. The molecular formula is C20H24N2O4. The first-order valence-electron chi connectivity index (χ1n) is 9.27. The Kier molecular flexibility index (Phi) is 4.23. The van der Waals surface area contributed by atoms with Gasteiger partial charge in [0.2, 0.25) is 5.91 Å². The minimum atomic E-state index is -0.744. The second-order valence-electron chi connectivity index (χ2n) is 7.32. The molecule has 2 aliphatic heterocycles. The van der Waals surface area contributed by atoms with Crippen LogP contribution < -0.4 is 0 Å². The molecule has 26 heavy (non-hydrogen) atoms. The van der Waals surface area contributed by atoms with Gasteiger partial charge in [-0.3, -0.25) is 9.59 Å². The van der Waals surface area contributed by atoms with Crippen LogP contribution in [0.15, 0.2) is 28.7 Å². The lowest BCUT2D eigenvalue weighted by atomic mass is 9.85. The number of rotatable bonds is 3. The monoisotopic (exact) mass is 356 g/mol. The largest absolute Gasteiger partial charge is 0.461 e. The lowest BCUT2D eigenvalue weighted by molar-refractivity contribution is -0.146. The van der Waals surface area contributed by atoms with Crippen molar-refractivity contribution in [3.8, 4) is 0 Å². The van der Waals surface area contributed by atoms with E-state index in [4.69, 9.17) is 4.42 Å². The summed E-state index contributed by atoms with van der Waals surface area (Å²) in [5.74, 6) is 0.704. The van der Waals surface area contributed by atoms with Gasteiger partial charge in [-0.1, -0.05) is 0 Å². The molecule has 4 rings (SSSR count). The fourth-order valence-corrected chi connectivity index (χ4v) is 4.52. The first-order valence-corrected chi connectivity index (χ1v) is 9.27. The molecule has 0 radical (unpaired) electrons. The van der Waals surface area contributed by atoms with Crippen LogP contribution >= 0.6 is 0 Å². The minimum Gasteiger partial charge on any atom is -0.461 e. The van der Waals surface area contributed by atoms with E-state index in [2.05, 4.69) is 0 Å². The molecule has 2 amide bonds. The van der Waals surface area contributed by atoms with E-state index in [0.717, 1.165) is 29.6 Å². The minimum absolute atomic E-state index is 0.0103. The van der Waals surface area contributed by atoms with Gasteiger partial charge in [-0.2, -0.15) is 0 Å². The van der Waals surface area contributed by atoms with Crippen LogP contribution in [0.25, 0.3) is 11.0 Å². The molecule has 2 aliphatic rings. The van der Waals surface area contributed by atoms with Crippen molar-refractivity contribution in [2.75, 3.05) is 26.2 Å². The van der Waals surface area contributed by atoms with Crippen LogP contribution in [0.2, 0.25) is 0 Å². The fourth-order valence-electron chi connectivity index (χ4n) is 4.52. The summed E-state index contributed by atoms with van der Waals surface area (Å²) in [4.78, 5) is 29.8. The van der Waals surface area contributed by atoms with Crippen molar-refractivity contribution in [2.45, 2.75) is 38.1 Å². The maximum atomic E-state index is 13.3. The molecule has 1 atom stereocenters. The lowest BCUT2D eigenvalue weighted by Crippen LogP contribution is -2.61. The highest BCUT2D eigenvalue weighted by molar-refractivity contribution is 6.02. The first-order chi connectivity index (χ1) is 12.5. The SMILES string of the molecule is Cc1cc2cc(C(=O)N3CCCC34CCCN(CCO)C4=O)ccc2o1. The average Bonchev–Trinajstić information content (AvgIpc) is 3.21. The fraction of sp³-hybridized carbons (Fsp3) is 0.500. The van der Waals surface area contributed by atoms with Crippen LogP contribution in [0.5, 0.6) is 0 Å². The van der Waals surface area contributed by atoms with Crippen molar-refractivity contribution in [3.05, 3.63) is 35.6 Å². The molecule has 2 saturated heterocycles. The molecule has 3 heterocycles. The average molecular weight is 356 g/mol. The van der Waals surface area contributed by atoms with Gasteiger partial charge in [0.15, 0.2) is 0 Å². The number of aliphatic hydroxyl groups excluding tert-OH is 1. The van der Waals surface area contributed by atoms with Crippen LogP contribution in [0, 0.1) is 6.92 Å². The summed E-state index contributed by atoms with van der Waals surface area (Å²) in [7, 11) is 0. The molecule has 1 N–H and O–H groups in total. The van der Waals surface area contributed by atoms with Crippen LogP contribution in [0.3, 0.4) is 0 Å². The zero-order valence-corrected chi connectivity index (χ0v) is 15.0. The van der Waals surface area contributed by atoms with E-state index in [9.17, 15) is 14.7 Å². The predicted molar refractivity (Wildman–Crippen MR) is 96.9 cm³/mol. The molecule has 138 valence electrons. The van der Waals surface area contributed by atoms with E-state index in [-0.39, 0.29) is 18.4 Å². The van der Waals surface area contributed by atoms with Crippen LogP contribution in [0.4, 0.5) is 0 Å². The maximum absolute atomic E-state index is 13.3. The Morgan fingerprint density at radius 1 is 1.23 bits per heavy atom. The zero-order chi connectivity index (χ0) is 18.3. The Balaban J connectivity index is 1.66. The normalized spacial score (nSPS) is 23.4. The highest BCUT2D eigenvalue weighted by Gasteiger charge is 2.52. The van der Waals surface area contributed by atoms with Crippen molar-refractivity contribution >= 4 is 22.8 Å². The second kappa shape index (κ2) is 6.43. The van der Waals surface area contributed by atoms with Crippen molar-refractivity contribution < 1.29 is 19.1 Å². The number of hydrogen-bond donors (Lipinski definition) is 1. The molecule has 6 heteroatoms. The summed E-state index contributed by atoms with van der Waals surface area (Å²) < 4.78 is 5.59. The number of aliphatic hydroxyl groups is 1. The molecule has 0 saturated carbocycles. The van der Waals surface area contributed by atoms with Crippen molar-refractivity contribution in [1.82, 2.24) is 9.80 Å². The third-order valence-corrected chi connectivity index (χ3v) is 5.69. The molecule has 1 aromatic heterocycles. The molecular weight excluding hydrogens is 332 g/mol. The van der Waals surface area contributed by atoms with E-state index in [1.54, 1.807) is 15.9 Å². The summed E-state index contributed by atoms with van der Waals surface area (Å²) in [6.07, 6.45) is 3.09. The Labute approximate surface area is 152 Å². The quantitative estimate of drug-likeness (QED) is 0.916. The first kappa shape index (κ1) is 17.1. The molecule has 2 fully saturated rings. The van der Waals surface area contributed by atoms with Gasteiger partial charge in [-0.05, 0) is 56.9 Å². The summed E-state index contributed by atoms with van der Waals surface area (Å²) in [6, 6.07) is 7.36. The molecule has 6 nitrogen and oxygen atoms in total. The number of carbonyl (C=O) groups is 2. The van der Waals surface area contributed by atoms with Crippen molar-refractivity contribution in [1.29, 1.82) is 0 Å². The number of aryl methyl sites for hydroxylation is 1.